The highest BCUT2D eigenvalue weighted by Gasteiger charge is 2.29. The van der Waals surface area contributed by atoms with Gasteiger partial charge in [0.2, 0.25) is 10.0 Å². The van der Waals surface area contributed by atoms with E-state index in [1.54, 1.807) is 6.92 Å². The van der Waals surface area contributed by atoms with Crippen molar-refractivity contribution in [3.8, 4) is 0 Å². The van der Waals surface area contributed by atoms with Gasteiger partial charge in [0.25, 0.3) is 0 Å². The van der Waals surface area contributed by atoms with E-state index in [1.165, 1.54) is 0 Å². The molecule has 1 rings (SSSR count). The Morgan fingerprint density at radius 3 is 2.71 bits per heavy atom. The molecule has 2 unspecified atom stereocenters. The van der Waals surface area contributed by atoms with Crippen molar-refractivity contribution in [3.05, 3.63) is 0 Å². The minimum atomic E-state index is -3.36. The Bertz CT molecular complexity index is 277. The summed E-state index contributed by atoms with van der Waals surface area (Å²) in [5.74, 6) is 0.207. The summed E-state index contributed by atoms with van der Waals surface area (Å²) in [4.78, 5) is 2.29. The number of rotatable bonds is 3. The molecule has 0 aliphatic carbocycles. The van der Waals surface area contributed by atoms with Crippen LogP contribution in [0, 0.1) is 5.92 Å². The minimum absolute atomic E-state index is 0.207. The lowest BCUT2D eigenvalue weighted by atomic mass is 9.95. The third kappa shape index (κ3) is 2.93. The molecule has 2 atom stereocenters. The van der Waals surface area contributed by atoms with Crippen LogP contribution in [0.3, 0.4) is 0 Å². The molecule has 0 aromatic heterocycles. The molecule has 0 spiro atoms. The first-order chi connectivity index (χ1) is 6.45. The van der Waals surface area contributed by atoms with E-state index in [9.17, 15) is 8.42 Å². The molecule has 0 aromatic rings. The van der Waals surface area contributed by atoms with Gasteiger partial charge in [0, 0.05) is 6.54 Å². The molecule has 0 bridgehead atoms. The maximum absolute atomic E-state index is 11.2. The number of hydrogen-bond acceptors (Lipinski definition) is 3. The maximum Gasteiger partial charge on any atom is 0.212 e. The summed E-state index contributed by atoms with van der Waals surface area (Å²) in [5.41, 5.74) is 0. The Morgan fingerprint density at radius 2 is 2.21 bits per heavy atom. The van der Waals surface area contributed by atoms with Crippen molar-refractivity contribution < 1.29 is 8.42 Å². The van der Waals surface area contributed by atoms with Crippen LogP contribution in [0.5, 0.6) is 0 Å². The zero-order chi connectivity index (χ0) is 10.8. The van der Waals surface area contributed by atoms with Gasteiger partial charge in [0.1, 0.15) is 0 Å². The second-order valence-corrected chi connectivity index (χ2v) is 6.01. The van der Waals surface area contributed by atoms with E-state index in [2.05, 4.69) is 11.8 Å². The molecule has 5 heteroatoms. The van der Waals surface area contributed by atoms with Crippen LogP contribution < -0.4 is 5.14 Å². The van der Waals surface area contributed by atoms with E-state index < -0.39 is 15.3 Å². The van der Waals surface area contributed by atoms with Crippen LogP contribution in [0.15, 0.2) is 0 Å². The minimum Gasteiger partial charge on any atom is -0.303 e. The average Bonchev–Trinajstić information content (AvgIpc) is 2.15. The van der Waals surface area contributed by atoms with Crippen LogP contribution in [0.25, 0.3) is 0 Å². The van der Waals surface area contributed by atoms with Gasteiger partial charge in [0.05, 0.1) is 5.25 Å². The smallest absolute Gasteiger partial charge is 0.212 e. The number of primary sulfonamides is 1. The van der Waals surface area contributed by atoms with Crippen LogP contribution in [-0.2, 0) is 10.0 Å². The number of sulfonamides is 1. The number of likely N-dealkylation sites (tertiary alicyclic amines) is 1. The van der Waals surface area contributed by atoms with Crippen LogP contribution in [0.1, 0.15) is 26.7 Å². The van der Waals surface area contributed by atoms with E-state index in [1.807, 2.05) is 0 Å². The topological polar surface area (TPSA) is 63.4 Å². The molecule has 1 aliphatic rings. The molecule has 1 saturated heterocycles. The van der Waals surface area contributed by atoms with Gasteiger partial charge >= 0.3 is 0 Å². The largest absolute Gasteiger partial charge is 0.303 e. The lowest BCUT2D eigenvalue weighted by molar-refractivity contribution is 0.181. The van der Waals surface area contributed by atoms with Crippen molar-refractivity contribution in [1.29, 1.82) is 0 Å². The van der Waals surface area contributed by atoms with E-state index in [4.69, 9.17) is 5.14 Å². The summed E-state index contributed by atoms with van der Waals surface area (Å²) in [6.07, 6.45) is 2.06. The molecule has 1 heterocycles. The Balaban J connectivity index is 2.60. The normalized spacial score (nSPS) is 27.5. The quantitative estimate of drug-likeness (QED) is 0.748. The van der Waals surface area contributed by atoms with Gasteiger partial charge in [-0.1, -0.05) is 6.92 Å². The molecule has 2 N–H and O–H groups in total. The van der Waals surface area contributed by atoms with Crippen LogP contribution >= 0.6 is 0 Å². The van der Waals surface area contributed by atoms with Crippen LogP contribution in [0.4, 0.5) is 0 Å². The Hall–Kier alpha value is -0.130. The van der Waals surface area contributed by atoms with Crippen molar-refractivity contribution in [1.82, 2.24) is 4.90 Å². The van der Waals surface area contributed by atoms with E-state index >= 15 is 0 Å². The highest BCUT2D eigenvalue weighted by Crippen LogP contribution is 2.22. The first-order valence-electron chi connectivity index (χ1n) is 5.19. The fourth-order valence-electron chi connectivity index (χ4n) is 2.03. The van der Waals surface area contributed by atoms with E-state index in [0.29, 0.717) is 0 Å². The van der Waals surface area contributed by atoms with Crippen LogP contribution in [0.2, 0.25) is 0 Å². The summed E-state index contributed by atoms with van der Waals surface area (Å²) in [6, 6.07) is 0. The Labute approximate surface area is 86.5 Å². The molecule has 4 nitrogen and oxygen atoms in total. The molecule has 1 fully saturated rings. The second kappa shape index (κ2) is 4.59. The number of nitrogens with two attached hydrogens (primary N) is 1. The van der Waals surface area contributed by atoms with Gasteiger partial charge in [-0.25, -0.2) is 13.6 Å². The highest BCUT2D eigenvalue weighted by atomic mass is 32.2. The summed E-state index contributed by atoms with van der Waals surface area (Å²) >= 11 is 0. The fraction of sp³-hybridized carbons (Fsp3) is 1.00. The molecule has 1 aliphatic heterocycles. The average molecular weight is 220 g/mol. The van der Waals surface area contributed by atoms with Gasteiger partial charge in [-0.2, -0.15) is 0 Å². The zero-order valence-corrected chi connectivity index (χ0v) is 9.76. The summed E-state index contributed by atoms with van der Waals surface area (Å²) in [6.45, 7) is 6.77. The van der Waals surface area contributed by atoms with Crippen molar-refractivity contribution in [2.45, 2.75) is 31.9 Å². The summed E-state index contributed by atoms with van der Waals surface area (Å²) < 4.78 is 22.4. The van der Waals surface area contributed by atoms with Gasteiger partial charge in [-0.3, -0.25) is 0 Å². The van der Waals surface area contributed by atoms with Crippen molar-refractivity contribution in [2.75, 3.05) is 19.6 Å². The van der Waals surface area contributed by atoms with Gasteiger partial charge < -0.3 is 4.90 Å². The molecule has 0 aromatic carbocycles. The van der Waals surface area contributed by atoms with E-state index in [-0.39, 0.29) is 5.92 Å². The third-order valence-electron chi connectivity index (χ3n) is 3.17. The maximum atomic E-state index is 11.2. The van der Waals surface area contributed by atoms with Crippen molar-refractivity contribution in [3.63, 3.8) is 0 Å². The molecule has 0 saturated carbocycles. The van der Waals surface area contributed by atoms with Gasteiger partial charge in [-0.15, -0.1) is 0 Å². The highest BCUT2D eigenvalue weighted by molar-refractivity contribution is 7.89. The van der Waals surface area contributed by atoms with Crippen molar-refractivity contribution >= 4 is 10.0 Å². The van der Waals surface area contributed by atoms with Gasteiger partial charge in [-0.05, 0) is 38.8 Å². The number of hydrogen-bond donors (Lipinski definition) is 1. The second-order valence-electron chi connectivity index (χ2n) is 4.09. The SMILES string of the molecule is CCN1CCCC(C(C)S(N)(=O)=O)C1. The fourth-order valence-corrected chi connectivity index (χ4v) is 2.79. The Morgan fingerprint density at radius 1 is 1.57 bits per heavy atom. The lowest BCUT2D eigenvalue weighted by Crippen LogP contribution is -2.43. The van der Waals surface area contributed by atoms with Gasteiger partial charge in [0.15, 0.2) is 0 Å². The first-order valence-corrected chi connectivity index (χ1v) is 6.80. The lowest BCUT2D eigenvalue weighted by Gasteiger charge is -2.34. The molecule has 0 amide bonds. The van der Waals surface area contributed by atoms with Crippen LogP contribution in [-0.4, -0.2) is 38.2 Å². The van der Waals surface area contributed by atoms with E-state index in [0.717, 1.165) is 32.5 Å². The van der Waals surface area contributed by atoms with Crippen molar-refractivity contribution in [2.24, 2.45) is 11.1 Å². The molecule has 84 valence electrons. The molecular formula is C9H20N2O2S. The third-order valence-corrected chi connectivity index (χ3v) is 4.59. The number of nitrogens with zero attached hydrogens (tertiary/aromatic N) is 1. The Kier molecular flexibility index (Phi) is 3.92. The standard InChI is InChI=1S/C9H20N2O2S/c1-3-11-6-4-5-9(7-11)8(2)14(10,12)13/h8-9H,3-7H2,1-2H3,(H2,10,12,13). The summed E-state index contributed by atoms with van der Waals surface area (Å²) in [7, 11) is -3.36. The molecule has 0 radical (unpaired) electrons. The summed E-state index contributed by atoms with van der Waals surface area (Å²) in [5, 5.41) is 4.74. The monoisotopic (exact) mass is 220 g/mol. The number of piperidine rings is 1. The predicted octanol–water partition coefficient (Wildman–Crippen LogP) is 0.395. The zero-order valence-electron chi connectivity index (χ0n) is 8.94. The first kappa shape index (κ1) is 11.9. The molecular weight excluding hydrogens is 200 g/mol. The predicted molar refractivity (Wildman–Crippen MR) is 57.4 cm³/mol. The molecule has 14 heavy (non-hydrogen) atoms.